The Morgan fingerprint density at radius 2 is 1.88 bits per heavy atom. The summed E-state index contributed by atoms with van der Waals surface area (Å²) in [6.07, 6.45) is 1.09. The normalized spacial score (nSPS) is 10.0. The van der Waals surface area contributed by atoms with Crippen LogP contribution in [0.5, 0.6) is 0 Å². The molecule has 2 aromatic rings. The Kier molecular flexibility index (Phi) is 6.08. The number of amides is 1. The van der Waals surface area contributed by atoms with Gasteiger partial charge in [-0.15, -0.1) is 6.58 Å². The summed E-state index contributed by atoms with van der Waals surface area (Å²) in [6, 6.07) is 15.5. The smallest absolute Gasteiger partial charge is 0.410 e. The van der Waals surface area contributed by atoms with Crippen LogP contribution >= 0.6 is 0 Å². The number of non-ortho nitro benzene ring substituents is 1. The second kappa shape index (κ2) is 8.47. The van der Waals surface area contributed by atoms with Crippen molar-refractivity contribution in [2.45, 2.75) is 13.2 Å². The molecule has 0 heterocycles. The summed E-state index contributed by atoms with van der Waals surface area (Å²) in [4.78, 5) is 24.1. The standard InChI is InChI=1S/C18H18N2O4/c1-2-11-19(13-16-9-6-10-17(12-16)20(22)23)18(21)24-14-15-7-4-3-5-8-15/h2-10,12H,1,11,13-14H2. The molecule has 1 amide bonds. The van der Waals surface area contributed by atoms with E-state index in [4.69, 9.17) is 4.74 Å². The SMILES string of the molecule is C=CCN(Cc1cccc([N+](=O)[O-])c1)C(=O)OCc1ccccc1. The van der Waals surface area contributed by atoms with Crippen LogP contribution in [0.2, 0.25) is 0 Å². The van der Waals surface area contributed by atoms with Crippen molar-refractivity contribution in [2.75, 3.05) is 6.54 Å². The Hall–Kier alpha value is -3.15. The Labute approximate surface area is 140 Å². The third-order valence-electron chi connectivity index (χ3n) is 3.31. The van der Waals surface area contributed by atoms with Gasteiger partial charge in [0.25, 0.3) is 5.69 Å². The fraction of sp³-hybridized carbons (Fsp3) is 0.167. The van der Waals surface area contributed by atoms with Gasteiger partial charge in [-0.05, 0) is 11.1 Å². The molecule has 0 bridgehead atoms. The maximum absolute atomic E-state index is 12.3. The summed E-state index contributed by atoms with van der Waals surface area (Å²) in [6.45, 7) is 4.30. The highest BCUT2D eigenvalue weighted by Crippen LogP contribution is 2.15. The van der Waals surface area contributed by atoms with E-state index in [2.05, 4.69) is 6.58 Å². The molecule has 0 aromatic heterocycles. The molecule has 0 saturated heterocycles. The first kappa shape index (κ1) is 17.2. The number of nitro benzene ring substituents is 1. The van der Waals surface area contributed by atoms with Crippen LogP contribution in [0.3, 0.4) is 0 Å². The van der Waals surface area contributed by atoms with Crippen LogP contribution in [0.25, 0.3) is 0 Å². The molecule has 0 atom stereocenters. The van der Waals surface area contributed by atoms with Crippen molar-refractivity contribution in [1.82, 2.24) is 4.90 Å². The molecular formula is C18H18N2O4. The van der Waals surface area contributed by atoms with E-state index >= 15 is 0 Å². The van der Waals surface area contributed by atoms with E-state index in [0.29, 0.717) is 5.56 Å². The van der Waals surface area contributed by atoms with Gasteiger partial charge in [-0.25, -0.2) is 4.79 Å². The quantitative estimate of drug-likeness (QED) is 0.439. The van der Waals surface area contributed by atoms with E-state index in [-0.39, 0.29) is 25.4 Å². The van der Waals surface area contributed by atoms with E-state index in [1.165, 1.54) is 17.0 Å². The lowest BCUT2D eigenvalue weighted by molar-refractivity contribution is -0.384. The number of benzene rings is 2. The minimum absolute atomic E-state index is 0.0105. The van der Waals surface area contributed by atoms with Crippen molar-refractivity contribution < 1.29 is 14.5 Å². The number of nitrogens with zero attached hydrogens (tertiary/aromatic N) is 2. The van der Waals surface area contributed by atoms with Crippen molar-refractivity contribution in [3.63, 3.8) is 0 Å². The predicted octanol–water partition coefficient (Wildman–Crippen LogP) is 3.92. The third kappa shape index (κ3) is 4.95. The number of hydrogen-bond donors (Lipinski definition) is 0. The second-order valence-corrected chi connectivity index (χ2v) is 5.14. The number of carbonyl (C=O) groups excluding carboxylic acids is 1. The molecule has 2 aromatic carbocycles. The predicted molar refractivity (Wildman–Crippen MR) is 90.3 cm³/mol. The van der Waals surface area contributed by atoms with Gasteiger partial charge in [0.2, 0.25) is 0 Å². The zero-order valence-electron chi connectivity index (χ0n) is 13.1. The minimum atomic E-state index is -0.495. The van der Waals surface area contributed by atoms with Gasteiger partial charge < -0.3 is 9.64 Å². The lowest BCUT2D eigenvalue weighted by Crippen LogP contribution is -2.31. The maximum atomic E-state index is 12.3. The molecule has 0 aliphatic heterocycles. The van der Waals surface area contributed by atoms with E-state index in [9.17, 15) is 14.9 Å². The van der Waals surface area contributed by atoms with Gasteiger partial charge in [0, 0.05) is 25.2 Å². The Morgan fingerprint density at radius 3 is 2.54 bits per heavy atom. The summed E-state index contributed by atoms with van der Waals surface area (Å²) in [5.74, 6) is 0. The Bertz CT molecular complexity index is 716. The highest BCUT2D eigenvalue weighted by Gasteiger charge is 2.16. The molecule has 0 radical (unpaired) electrons. The van der Waals surface area contributed by atoms with Crippen molar-refractivity contribution in [3.8, 4) is 0 Å². The average Bonchev–Trinajstić information content (AvgIpc) is 2.60. The summed E-state index contributed by atoms with van der Waals surface area (Å²) >= 11 is 0. The largest absolute Gasteiger partial charge is 0.445 e. The van der Waals surface area contributed by atoms with Crippen LogP contribution in [-0.4, -0.2) is 22.5 Å². The lowest BCUT2D eigenvalue weighted by atomic mass is 10.2. The molecule has 6 nitrogen and oxygen atoms in total. The van der Waals surface area contributed by atoms with E-state index < -0.39 is 11.0 Å². The van der Waals surface area contributed by atoms with Crippen molar-refractivity contribution in [1.29, 1.82) is 0 Å². The maximum Gasteiger partial charge on any atom is 0.410 e. The minimum Gasteiger partial charge on any atom is -0.445 e. The first-order valence-corrected chi connectivity index (χ1v) is 7.40. The zero-order chi connectivity index (χ0) is 17.4. The number of nitro groups is 1. The molecule has 0 fully saturated rings. The molecule has 0 aliphatic rings. The van der Waals surface area contributed by atoms with Crippen molar-refractivity contribution in [2.24, 2.45) is 0 Å². The van der Waals surface area contributed by atoms with Gasteiger partial charge in [0.15, 0.2) is 0 Å². The van der Waals surface area contributed by atoms with Crippen LogP contribution in [0.1, 0.15) is 11.1 Å². The molecular weight excluding hydrogens is 308 g/mol. The van der Waals surface area contributed by atoms with Crippen LogP contribution in [-0.2, 0) is 17.9 Å². The number of carbonyl (C=O) groups is 1. The monoisotopic (exact) mass is 326 g/mol. The molecule has 6 heteroatoms. The topological polar surface area (TPSA) is 72.7 Å². The zero-order valence-corrected chi connectivity index (χ0v) is 13.1. The molecule has 2 rings (SSSR count). The van der Waals surface area contributed by atoms with Gasteiger partial charge in [-0.1, -0.05) is 48.5 Å². The van der Waals surface area contributed by atoms with Gasteiger partial charge in [-0.2, -0.15) is 0 Å². The van der Waals surface area contributed by atoms with E-state index in [0.717, 1.165) is 5.56 Å². The fourth-order valence-corrected chi connectivity index (χ4v) is 2.16. The third-order valence-corrected chi connectivity index (χ3v) is 3.31. The summed E-state index contributed by atoms with van der Waals surface area (Å²) in [5.41, 5.74) is 1.53. The van der Waals surface area contributed by atoms with Crippen LogP contribution < -0.4 is 0 Å². The molecule has 0 aliphatic carbocycles. The molecule has 0 unspecified atom stereocenters. The van der Waals surface area contributed by atoms with Crippen molar-refractivity contribution in [3.05, 3.63) is 88.5 Å². The van der Waals surface area contributed by atoms with Gasteiger partial charge in [0.05, 0.1) is 4.92 Å². The summed E-state index contributed by atoms with van der Waals surface area (Å²) in [7, 11) is 0. The Balaban J connectivity index is 2.02. The average molecular weight is 326 g/mol. The first-order valence-electron chi connectivity index (χ1n) is 7.40. The van der Waals surface area contributed by atoms with Gasteiger partial charge in [-0.3, -0.25) is 10.1 Å². The van der Waals surface area contributed by atoms with Crippen molar-refractivity contribution >= 4 is 11.8 Å². The first-order chi connectivity index (χ1) is 11.6. The van der Waals surface area contributed by atoms with Gasteiger partial charge in [0.1, 0.15) is 6.61 Å². The molecule has 24 heavy (non-hydrogen) atoms. The number of ether oxygens (including phenoxy) is 1. The van der Waals surface area contributed by atoms with Crippen LogP contribution in [0, 0.1) is 10.1 Å². The number of rotatable bonds is 7. The Morgan fingerprint density at radius 1 is 1.17 bits per heavy atom. The van der Waals surface area contributed by atoms with Gasteiger partial charge >= 0.3 is 6.09 Å². The molecule has 124 valence electrons. The molecule has 0 saturated carbocycles. The number of hydrogen-bond acceptors (Lipinski definition) is 4. The van der Waals surface area contributed by atoms with E-state index in [1.54, 1.807) is 18.2 Å². The lowest BCUT2D eigenvalue weighted by Gasteiger charge is -2.20. The van der Waals surface area contributed by atoms with E-state index in [1.807, 2.05) is 30.3 Å². The van der Waals surface area contributed by atoms with Crippen LogP contribution in [0.4, 0.5) is 10.5 Å². The van der Waals surface area contributed by atoms with Crippen LogP contribution in [0.15, 0.2) is 67.3 Å². The molecule has 0 spiro atoms. The summed E-state index contributed by atoms with van der Waals surface area (Å²) < 4.78 is 5.30. The molecule has 0 N–H and O–H groups in total. The fourth-order valence-electron chi connectivity index (χ4n) is 2.16. The second-order valence-electron chi connectivity index (χ2n) is 5.14. The highest BCUT2D eigenvalue weighted by molar-refractivity contribution is 5.68. The summed E-state index contributed by atoms with van der Waals surface area (Å²) in [5, 5.41) is 10.8. The highest BCUT2D eigenvalue weighted by atomic mass is 16.6.